The largest absolute Gasteiger partial charge is 0.494 e. The SMILES string of the molecule is O=C(O)[C@H](CCCCN=Cc1c(O)[nH]c2ccccc12)N=Cc1c(O)[nH]c2ccccc12. The van der Waals surface area contributed by atoms with Gasteiger partial charge in [0.25, 0.3) is 0 Å². The number of para-hydroxylation sites is 2. The second-order valence-corrected chi connectivity index (χ2v) is 7.53. The van der Waals surface area contributed by atoms with Crippen LogP contribution in [0.25, 0.3) is 21.8 Å². The lowest BCUT2D eigenvalue weighted by Gasteiger charge is -2.06. The maximum absolute atomic E-state index is 11.6. The van der Waals surface area contributed by atoms with Crippen LogP contribution >= 0.6 is 0 Å². The Labute approximate surface area is 184 Å². The Morgan fingerprint density at radius 3 is 2.03 bits per heavy atom. The number of aliphatic imine (C=N–C) groups is 2. The molecule has 0 aliphatic carbocycles. The van der Waals surface area contributed by atoms with E-state index in [2.05, 4.69) is 20.0 Å². The molecule has 4 rings (SSSR count). The highest BCUT2D eigenvalue weighted by Gasteiger charge is 2.16. The van der Waals surface area contributed by atoms with Gasteiger partial charge in [0.05, 0.1) is 11.1 Å². The number of carboxylic acid groups (broad SMARTS) is 1. The molecule has 0 unspecified atom stereocenters. The maximum Gasteiger partial charge on any atom is 0.328 e. The molecule has 5 N–H and O–H groups in total. The Bertz CT molecular complexity index is 1300. The molecule has 0 saturated heterocycles. The van der Waals surface area contributed by atoms with Gasteiger partial charge < -0.3 is 25.3 Å². The summed E-state index contributed by atoms with van der Waals surface area (Å²) in [5.41, 5.74) is 2.73. The highest BCUT2D eigenvalue weighted by atomic mass is 16.4. The monoisotopic (exact) mass is 432 g/mol. The van der Waals surface area contributed by atoms with Gasteiger partial charge >= 0.3 is 5.97 Å². The normalized spacial score (nSPS) is 13.0. The number of benzene rings is 2. The molecule has 164 valence electrons. The van der Waals surface area contributed by atoms with E-state index in [1.54, 1.807) is 6.21 Å². The number of aromatic hydroxyl groups is 2. The van der Waals surface area contributed by atoms with E-state index in [1.807, 2.05) is 48.5 Å². The van der Waals surface area contributed by atoms with Crippen LogP contribution in [0.1, 0.15) is 30.4 Å². The smallest absolute Gasteiger partial charge is 0.328 e. The van der Waals surface area contributed by atoms with Crippen molar-refractivity contribution in [3.05, 3.63) is 59.7 Å². The molecule has 1 atom stereocenters. The van der Waals surface area contributed by atoms with Crippen LogP contribution < -0.4 is 0 Å². The van der Waals surface area contributed by atoms with Crippen molar-refractivity contribution in [2.24, 2.45) is 9.98 Å². The highest BCUT2D eigenvalue weighted by molar-refractivity contribution is 6.03. The molecule has 0 saturated carbocycles. The van der Waals surface area contributed by atoms with E-state index in [0.29, 0.717) is 36.9 Å². The minimum atomic E-state index is -1.01. The molecule has 8 heteroatoms. The summed E-state index contributed by atoms with van der Waals surface area (Å²) < 4.78 is 0. The fourth-order valence-corrected chi connectivity index (χ4v) is 3.68. The van der Waals surface area contributed by atoms with E-state index in [1.165, 1.54) is 6.21 Å². The average molecular weight is 432 g/mol. The summed E-state index contributed by atoms with van der Waals surface area (Å²) in [5.74, 6) is -0.961. The van der Waals surface area contributed by atoms with Gasteiger partial charge in [-0.2, -0.15) is 0 Å². The predicted octanol–water partition coefficient (Wildman–Crippen LogP) is 4.22. The van der Waals surface area contributed by atoms with Crippen molar-refractivity contribution < 1.29 is 20.1 Å². The lowest BCUT2D eigenvalue weighted by Crippen LogP contribution is -2.18. The number of rotatable bonds is 9. The molecule has 0 radical (unpaired) electrons. The molecule has 0 amide bonds. The maximum atomic E-state index is 11.6. The quantitative estimate of drug-likeness (QED) is 0.200. The van der Waals surface area contributed by atoms with Crippen molar-refractivity contribution in [2.45, 2.75) is 25.3 Å². The summed E-state index contributed by atoms with van der Waals surface area (Å²) in [6.07, 6.45) is 4.75. The molecule has 0 bridgehead atoms. The van der Waals surface area contributed by atoms with Crippen LogP contribution in [0.15, 0.2) is 58.5 Å². The van der Waals surface area contributed by atoms with Crippen LogP contribution in [0.2, 0.25) is 0 Å². The second kappa shape index (κ2) is 9.38. The summed E-state index contributed by atoms with van der Waals surface area (Å²) in [4.78, 5) is 25.9. The summed E-state index contributed by atoms with van der Waals surface area (Å²) in [6.45, 7) is 0.512. The number of nitrogens with zero attached hydrogens (tertiary/aromatic N) is 2. The first-order valence-electron chi connectivity index (χ1n) is 10.4. The molecule has 0 aliphatic rings. The Morgan fingerprint density at radius 1 is 0.875 bits per heavy atom. The first-order chi connectivity index (χ1) is 15.5. The number of unbranched alkanes of at least 4 members (excludes halogenated alkanes) is 1. The Kier molecular flexibility index (Phi) is 6.21. The molecular formula is C24H24N4O4. The molecule has 0 spiro atoms. The number of hydrogen-bond donors (Lipinski definition) is 5. The van der Waals surface area contributed by atoms with Crippen molar-refractivity contribution >= 4 is 40.2 Å². The first kappa shape index (κ1) is 21.2. The summed E-state index contributed by atoms with van der Waals surface area (Å²) >= 11 is 0. The molecule has 2 aromatic carbocycles. The minimum Gasteiger partial charge on any atom is -0.494 e. The van der Waals surface area contributed by atoms with Crippen molar-refractivity contribution in [1.82, 2.24) is 9.97 Å². The van der Waals surface area contributed by atoms with E-state index in [0.717, 1.165) is 21.8 Å². The number of carbonyl (C=O) groups is 1. The highest BCUT2D eigenvalue weighted by Crippen LogP contribution is 2.26. The lowest BCUT2D eigenvalue weighted by molar-refractivity contribution is -0.138. The summed E-state index contributed by atoms with van der Waals surface area (Å²) in [7, 11) is 0. The van der Waals surface area contributed by atoms with E-state index >= 15 is 0 Å². The van der Waals surface area contributed by atoms with Gasteiger partial charge in [-0.15, -0.1) is 0 Å². The third-order valence-electron chi connectivity index (χ3n) is 5.35. The van der Waals surface area contributed by atoms with Gasteiger partial charge in [0.15, 0.2) is 11.8 Å². The van der Waals surface area contributed by atoms with Crippen LogP contribution in [0.3, 0.4) is 0 Å². The number of H-pyrrole nitrogens is 2. The molecule has 2 heterocycles. The van der Waals surface area contributed by atoms with Gasteiger partial charge in [0.1, 0.15) is 6.04 Å². The number of aromatic amines is 2. The van der Waals surface area contributed by atoms with Crippen molar-refractivity contribution in [1.29, 1.82) is 0 Å². The van der Waals surface area contributed by atoms with Crippen LogP contribution in [-0.2, 0) is 4.79 Å². The zero-order valence-corrected chi connectivity index (χ0v) is 17.3. The predicted molar refractivity (Wildman–Crippen MR) is 125 cm³/mol. The molecule has 0 aliphatic heterocycles. The standard InChI is InChI=1S/C24H24N4O4/c29-22-17(15-7-1-3-9-19(15)27-22)13-25-12-6-5-11-21(24(31)32)26-14-18-16-8-2-4-10-20(16)28-23(18)30/h1-4,7-10,13-14,21,27-30H,5-6,11-12H2,(H,31,32)/t21-/m0/s1. The lowest BCUT2D eigenvalue weighted by atomic mass is 10.1. The van der Waals surface area contributed by atoms with Crippen molar-refractivity contribution in [2.75, 3.05) is 6.54 Å². The zero-order chi connectivity index (χ0) is 22.5. The molecule has 4 aromatic rings. The van der Waals surface area contributed by atoms with Gasteiger partial charge in [0.2, 0.25) is 0 Å². The second-order valence-electron chi connectivity index (χ2n) is 7.53. The number of aliphatic carboxylic acids is 1. The molecule has 0 fully saturated rings. The average Bonchev–Trinajstić information content (AvgIpc) is 3.27. The molecule has 8 nitrogen and oxygen atoms in total. The van der Waals surface area contributed by atoms with E-state index in [4.69, 9.17) is 0 Å². The fourth-order valence-electron chi connectivity index (χ4n) is 3.68. The zero-order valence-electron chi connectivity index (χ0n) is 17.3. The number of nitrogens with one attached hydrogen (secondary N) is 2. The topological polar surface area (TPSA) is 134 Å². The van der Waals surface area contributed by atoms with Gasteiger partial charge in [0, 0.05) is 40.8 Å². The first-order valence-corrected chi connectivity index (χ1v) is 10.4. The van der Waals surface area contributed by atoms with Gasteiger partial charge in [-0.3, -0.25) is 9.98 Å². The van der Waals surface area contributed by atoms with E-state index in [9.17, 15) is 20.1 Å². The molecule has 2 aromatic heterocycles. The Balaban J connectivity index is 1.33. The van der Waals surface area contributed by atoms with Crippen LogP contribution in [0.5, 0.6) is 11.8 Å². The Hall–Kier alpha value is -4.07. The minimum absolute atomic E-state index is 0.0334. The van der Waals surface area contributed by atoms with Gasteiger partial charge in [-0.05, 0) is 31.4 Å². The van der Waals surface area contributed by atoms with E-state index in [-0.39, 0.29) is 11.8 Å². The number of fused-ring (bicyclic) bond motifs is 2. The summed E-state index contributed by atoms with van der Waals surface area (Å²) in [5, 5.41) is 31.3. The summed E-state index contributed by atoms with van der Waals surface area (Å²) in [6, 6.07) is 14.0. The number of aromatic nitrogens is 2. The van der Waals surface area contributed by atoms with E-state index < -0.39 is 12.0 Å². The van der Waals surface area contributed by atoms with Crippen LogP contribution in [-0.4, -0.2) is 56.3 Å². The molecular weight excluding hydrogens is 408 g/mol. The third kappa shape index (κ3) is 4.49. The number of carboxylic acids is 1. The fraction of sp³-hybridized carbons (Fsp3) is 0.208. The van der Waals surface area contributed by atoms with Gasteiger partial charge in [-0.25, -0.2) is 4.79 Å². The number of hydrogen-bond acceptors (Lipinski definition) is 5. The third-order valence-corrected chi connectivity index (χ3v) is 5.35. The molecule has 32 heavy (non-hydrogen) atoms. The van der Waals surface area contributed by atoms with Crippen LogP contribution in [0, 0.1) is 0 Å². The van der Waals surface area contributed by atoms with Gasteiger partial charge in [-0.1, -0.05) is 36.4 Å². The van der Waals surface area contributed by atoms with Crippen LogP contribution in [0.4, 0.5) is 0 Å². The van der Waals surface area contributed by atoms with Crippen molar-refractivity contribution in [3.8, 4) is 11.8 Å². The Morgan fingerprint density at radius 2 is 1.44 bits per heavy atom. The van der Waals surface area contributed by atoms with Crippen molar-refractivity contribution in [3.63, 3.8) is 0 Å².